The van der Waals surface area contributed by atoms with Crippen molar-refractivity contribution < 1.29 is 23.2 Å². The first-order chi connectivity index (χ1) is 8.50. The summed E-state index contributed by atoms with van der Waals surface area (Å²) in [6.45, 7) is 0. The summed E-state index contributed by atoms with van der Waals surface area (Å²) >= 11 is 0.868. The van der Waals surface area contributed by atoms with Crippen molar-refractivity contribution in [1.29, 1.82) is 0 Å². The molecule has 1 aliphatic carbocycles. The molecule has 1 aromatic rings. The van der Waals surface area contributed by atoms with Crippen molar-refractivity contribution in [3.63, 3.8) is 0 Å². The van der Waals surface area contributed by atoms with Gasteiger partial charge in [0.2, 0.25) is 0 Å². The minimum absolute atomic E-state index is 0.119. The molecular weight excluding hydrogens is 278 g/mol. The standard InChI is InChI=1S/C10H13NO5S2/c12-10(13)9-8(5-6-17-9)18(14,15)11-16-7-3-1-2-4-7/h5-7,11H,1-4H2,(H,12,13). The zero-order chi connectivity index (χ0) is 13.2. The monoisotopic (exact) mass is 291 g/mol. The molecule has 1 aromatic heterocycles. The Hall–Kier alpha value is -0.960. The van der Waals surface area contributed by atoms with Crippen LogP contribution in [0.2, 0.25) is 0 Å². The minimum Gasteiger partial charge on any atom is -0.477 e. The van der Waals surface area contributed by atoms with Crippen LogP contribution in [0.25, 0.3) is 0 Å². The number of rotatable bonds is 5. The number of hydrogen-bond acceptors (Lipinski definition) is 5. The zero-order valence-electron chi connectivity index (χ0n) is 9.46. The summed E-state index contributed by atoms with van der Waals surface area (Å²) in [4.78, 5) is 17.5. The van der Waals surface area contributed by atoms with Gasteiger partial charge in [-0.25, -0.2) is 13.2 Å². The van der Waals surface area contributed by atoms with Crippen molar-refractivity contribution in [1.82, 2.24) is 4.89 Å². The number of carboxylic acids is 1. The normalized spacial score (nSPS) is 17.1. The van der Waals surface area contributed by atoms with Gasteiger partial charge in [0.15, 0.2) is 0 Å². The Labute approximate surface area is 109 Å². The van der Waals surface area contributed by atoms with E-state index in [0.29, 0.717) is 0 Å². The van der Waals surface area contributed by atoms with E-state index in [9.17, 15) is 13.2 Å². The molecule has 8 heteroatoms. The fraction of sp³-hybridized carbons (Fsp3) is 0.500. The van der Waals surface area contributed by atoms with Gasteiger partial charge in [-0.15, -0.1) is 11.3 Å². The predicted molar refractivity (Wildman–Crippen MR) is 64.9 cm³/mol. The van der Waals surface area contributed by atoms with Gasteiger partial charge in [-0.1, -0.05) is 17.7 Å². The molecule has 0 spiro atoms. The maximum absolute atomic E-state index is 11.9. The highest BCUT2D eigenvalue weighted by Crippen LogP contribution is 2.23. The van der Waals surface area contributed by atoms with Gasteiger partial charge < -0.3 is 5.11 Å². The molecule has 0 aromatic carbocycles. The van der Waals surface area contributed by atoms with E-state index in [4.69, 9.17) is 9.94 Å². The van der Waals surface area contributed by atoms with Gasteiger partial charge in [-0.3, -0.25) is 4.84 Å². The molecule has 1 saturated carbocycles. The van der Waals surface area contributed by atoms with Crippen molar-refractivity contribution in [2.45, 2.75) is 36.7 Å². The molecule has 0 amide bonds. The molecule has 0 radical (unpaired) electrons. The summed E-state index contributed by atoms with van der Waals surface area (Å²) in [5.41, 5.74) is 0. The Morgan fingerprint density at radius 3 is 2.72 bits per heavy atom. The van der Waals surface area contributed by atoms with E-state index in [1.807, 2.05) is 4.89 Å². The first kappa shape index (κ1) is 13.5. The van der Waals surface area contributed by atoms with Crippen LogP contribution in [-0.2, 0) is 14.9 Å². The first-order valence-corrected chi connectivity index (χ1v) is 7.85. The van der Waals surface area contributed by atoms with Crippen molar-refractivity contribution in [3.05, 3.63) is 16.3 Å². The van der Waals surface area contributed by atoms with Gasteiger partial charge in [0, 0.05) is 0 Å². The number of carboxylic acid groups (broad SMARTS) is 1. The maximum Gasteiger partial charge on any atom is 0.347 e. The third-order valence-corrected chi connectivity index (χ3v) is 5.01. The molecule has 0 aliphatic heterocycles. The van der Waals surface area contributed by atoms with E-state index in [1.54, 1.807) is 0 Å². The van der Waals surface area contributed by atoms with Crippen LogP contribution in [0.5, 0.6) is 0 Å². The third kappa shape index (κ3) is 2.89. The first-order valence-electron chi connectivity index (χ1n) is 5.49. The van der Waals surface area contributed by atoms with Crippen LogP contribution in [0, 0.1) is 0 Å². The van der Waals surface area contributed by atoms with Crippen LogP contribution in [0.1, 0.15) is 35.4 Å². The smallest absolute Gasteiger partial charge is 0.347 e. The summed E-state index contributed by atoms with van der Waals surface area (Å²) < 4.78 is 23.8. The maximum atomic E-state index is 11.9. The summed E-state index contributed by atoms with van der Waals surface area (Å²) in [7, 11) is -3.92. The lowest BCUT2D eigenvalue weighted by atomic mass is 10.3. The van der Waals surface area contributed by atoms with Crippen LogP contribution in [0.4, 0.5) is 0 Å². The second kappa shape index (κ2) is 5.35. The molecule has 1 fully saturated rings. The topological polar surface area (TPSA) is 92.7 Å². The van der Waals surface area contributed by atoms with Crippen molar-refractivity contribution in [3.8, 4) is 0 Å². The Bertz CT molecular complexity index is 530. The van der Waals surface area contributed by atoms with E-state index in [2.05, 4.69) is 0 Å². The minimum atomic E-state index is -3.92. The van der Waals surface area contributed by atoms with Crippen molar-refractivity contribution in [2.75, 3.05) is 0 Å². The van der Waals surface area contributed by atoms with Crippen molar-refractivity contribution in [2.24, 2.45) is 0 Å². The van der Waals surface area contributed by atoms with E-state index < -0.39 is 16.0 Å². The molecule has 0 atom stereocenters. The zero-order valence-corrected chi connectivity index (χ0v) is 11.1. The van der Waals surface area contributed by atoms with E-state index in [0.717, 1.165) is 37.0 Å². The Balaban J connectivity index is 2.09. The van der Waals surface area contributed by atoms with Gasteiger partial charge in [0.25, 0.3) is 10.0 Å². The van der Waals surface area contributed by atoms with Crippen LogP contribution < -0.4 is 4.89 Å². The second-order valence-corrected chi connectivity index (χ2v) is 6.56. The average Bonchev–Trinajstić information content (AvgIpc) is 2.98. The average molecular weight is 291 g/mol. The van der Waals surface area contributed by atoms with Gasteiger partial charge >= 0.3 is 5.97 Å². The Morgan fingerprint density at radius 1 is 1.44 bits per heavy atom. The number of carbonyl (C=O) groups is 1. The second-order valence-electron chi connectivity index (χ2n) is 4.03. The SMILES string of the molecule is O=C(O)c1sccc1S(=O)(=O)NOC1CCCC1. The lowest BCUT2D eigenvalue weighted by Gasteiger charge is -2.11. The summed E-state index contributed by atoms with van der Waals surface area (Å²) in [5, 5.41) is 10.3. The summed E-state index contributed by atoms with van der Waals surface area (Å²) in [6, 6.07) is 1.26. The number of sulfonamides is 1. The van der Waals surface area contributed by atoms with Crippen LogP contribution in [0.3, 0.4) is 0 Å². The van der Waals surface area contributed by atoms with Crippen LogP contribution in [-0.4, -0.2) is 25.6 Å². The fourth-order valence-corrected chi connectivity index (χ4v) is 3.96. The molecule has 0 saturated heterocycles. The molecule has 2 N–H and O–H groups in total. The molecule has 6 nitrogen and oxygen atoms in total. The Kier molecular flexibility index (Phi) is 4.00. The highest BCUT2D eigenvalue weighted by Gasteiger charge is 2.26. The quantitative estimate of drug-likeness (QED) is 0.804. The third-order valence-electron chi connectivity index (χ3n) is 2.74. The Morgan fingerprint density at radius 2 is 2.11 bits per heavy atom. The lowest BCUT2D eigenvalue weighted by Crippen LogP contribution is -2.29. The van der Waals surface area contributed by atoms with Crippen LogP contribution in [0.15, 0.2) is 16.3 Å². The molecule has 0 bridgehead atoms. The number of nitrogens with one attached hydrogen (secondary N) is 1. The molecule has 1 heterocycles. The van der Waals surface area contributed by atoms with Gasteiger partial charge in [0.05, 0.1) is 6.10 Å². The number of aromatic carboxylic acids is 1. The number of thiophene rings is 1. The van der Waals surface area contributed by atoms with E-state index >= 15 is 0 Å². The summed E-state index contributed by atoms with van der Waals surface area (Å²) in [5.74, 6) is -1.26. The summed E-state index contributed by atoms with van der Waals surface area (Å²) in [6.07, 6.45) is 3.55. The molecular formula is C10H13NO5S2. The molecule has 18 heavy (non-hydrogen) atoms. The van der Waals surface area contributed by atoms with Gasteiger partial charge in [-0.2, -0.15) is 0 Å². The highest BCUT2D eigenvalue weighted by molar-refractivity contribution is 7.89. The van der Waals surface area contributed by atoms with E-state index in [1.165, 1.54) is 11.4 Å². The highest BCUT2D eigenvalue weighted by atomic mass is 32.2. The number of hydrogen-bond donors (Lipinski definition) is 2. The lowest BCUT2D eigenvalue weighted by molar-refractivity contribution is 0.0223. The van der Waals surface area contributed by atoms with Gasteiger partial charge in [-0.05, 0) is 24.3 Å². The fourth-order valence-electron chi connectivity index (χ4n) is 1.85. The molecule has 2 rings (SSSR count). The van der Waals surface area contributed by atoms with Crippen molar-refractivity contribution >= 4 is 27.3 Å². The van der Waals surface area contributed by atoms with E-state index in [-0.39, 0.29) is 15.9 Å². The predicted octanol–water partition coefficient (Wildman–Crippen LogP) is 1.60. The largest absolute Gasteiger partial charge is 0.477 e. The molecule has 0 unspecified atom stereocenters. The van der Waals surface area contributed by atoms with Gasteiger partial charge in [0.1, 0.15) is 9.77 Å². The molecule has 100 valence electrons. The van der Waals surface area contributed by atoms with Crippen LogP contribution >= 0.6 is 11.3 Å². The molecule has 1 aliphatic rings.